The summed E-state index contributed by atoms with van der Waals surface area (Å²) in [6.07, 6.45) is 0.266. The molecule has 4 aromatic rings. The molecule has 0 saturated carbocycles. The number of rotatable bonds is 6. The van der Waals surface area contributed by atoms with Crippen molar-refractivity contribution in [1.29, 1.82) is 5.26 Å². The minimum Gasteiger partial charge on any atom is -0.496 e. The maximum absolute atomic E-state index is 9.45. The third-order valence-electron chi connectivity index (χ3n) is 4.53. The number of fused-ring (bicyclic) bond motifs is 1. The molecule has 0 aliphatic rings. The molecule has 2 aromatic heterocycles. The average molecular weight is 389 g/mol. The highest BCUT2D eigenvalue weighted by atomic mass is 32.1. The van der Waals surface area contributed by atoms with Gasteiger partial charge in [0.2, 0.25) is 0 Å². The Morgan fingerprint density at radius 3 is 2.64 bits per heavy atom. The summed E-state index contributed by atoms with van der Waals surface area (Å²) in [5.74, 6) is 1.62. The number of nitriles is 1. The maximum Gasteiger partial charge on any atom is 0.195 e. The lowest BCUT2D eigenvalue weighted by Crippen LogP contribution is -1.97. The van der Waals surface area contributed by atoms with Crippen molar-refractivity contribution in [2.24, 2.45) is 0 Å². The molecule has 0 aliphatic carbocycles. The van der Waals surface area contributed by atoms with E-state index < -0.39 is 0 Å². The highest BCUT2D eigenvalue weighted by molar-refractivity contribution is 7.15. The Bertz CT molecular complexity index is 1150. The van der Waals surface area contributed by atoms with Crippen LogP contribution in [0.1, 0.15) is 12.6 Å². The molecule has 4 rings (SSSR count). The second-order valence-corrected chi connectivity index (χ2v) is 6.98. The molecule has 0 radical (unpaired) electrons. The van der Waals surface area contributed by atoms with Gasteiger partial charge in [0.1, 0.15) is 11.5 Å². The van der Waals surface area contributed by atoms with Crippen LogP contribution in [0.5, 0.6) is 11.5 Å². The van der Waals surface area contributed by atoms with Crippen molar-refractivity contribution < 1.29 is 9.47 Å². The summed E-state index contributed by atoms with van der Waals surface area (Å²) >= 11 is 1.56. The molecule has 2 aromatic carbocycles. The number of imidazole rings is 1. The Kier molecular flexibility index (Phi) is 5.00. The molecule has 140 valence electrons. The van der Waals surface area contributed by atoms with Crippen molar-refractivity contribution in [2.75, 3.05) is 13.7 Å². The van der Waals surface area contributed by atoms with Gasteiger partial charge in [-0.1, -0.05) is 12.1 Å². The summed E-state index contributed by atoms with van der Waals surface area (Å²) < 4.78 is 13.1. The molecule has 28 heavy (non-hydrogen) atoms. The van der Waals surface area contributed by atoms with Crippen LogP contribution in [0.2, 0.25) is 0 Å². The molecule has 0 unspecified atom stereocenters. The molecule has 0 bridgehead atoms. The van der Waals surface area contributed by atoms with E-state index in [1.54, 1.807) is 18.4 Å². The zero-order valence-electron chi connectivity index (χ0n) is 15.7. The number of methoxy groups -OCH3 is 1. The van der Waals surface area contributed by atoms with Crippen molar-refractivity contribution in [2.45, 2.75) is 13.3 Å². The van der Waals surface area contributed by atoms with Crippen molar-refractivity contribution in [1.82, 2.24) is 9.38 Å². The molecule has 0 saturated heterocycles. The van der Waals surface area contributed by atoms with Gasteiger partial charge in [0.15, 0.2) is 4.96 Å². The Morgan fingerprint density at radius 1 is 1.14 bits per heavy atom. The van der Waals surface area contributed by atoms with Gasteiger partial charge >= 0.3 is 0 Å². The smallest absolute Gasteiger partial charge is 0.195 e. The maximum atomic E-state index is 9.45. The first kappa shape index (κ1) is 18.1. The van der Waals surface area contributed by atoms with Crippen LogP contribution < -0.4 is 9.47 Å². The molecular formula is C22H19N3O2S. The van der Waals surface area contributed by atoms with E-state index in [-0.39, 0.29) is 6.42 Å². The number of benzene rings is 2. The number of aromatic nitrogens is 2. The van der Waals surface area contributed by atoms with E-state index in [0.29, 0.717) is 6.61 Å². The molecule has 0 atom stereocenters. The molecule has 2 heterocycles. The Hall–Kier alpha value is -3.30. The normalized spacial score (nSPS) is 10.8. The van der Waals surface area contributed by atoms with Crippen molar-refractivity contribution >= 4 is 16.3 Å². The number of hydrogen-bond acceptors (Lipinski definition) is 5. The van der Waals surface area contributed by atoms with E-state index in [4.69, 9.17) is 14.5 Å². The lowest BCUT2D eigenvalue weighted by molar-refractivity contribution is 0.340. The second-order valence-electron chi connectivity index (χ2n) is 6.14. The van der Waals surface area contributed by atoms with Crippen LogP contribution in [0, 0.1) is 11.3 Å². The number of ether oxygens (including phenoxy) is 2. The van der Waals surface area contributed by atoms with Gasteiger partial charge in [0.05, 0.1) is 43.3 Å². The molecule has 0 N–H and O–H groups in total. The Balaban J connectivity index is 1.89. The standard InChI is InChI=1S/C22H19N3O2S/c1-3-27-16-10-8-15(9-11-16)21-18(12-13-23)25-19(14-28-22(25)24-21)17-6-4-5-7-20(17)26-2/h4-11,14H,3,12H2,1-2H3. The second kappa shape index (κ2) is 7.75. The number of thiazole rings is 1. The van der Waals surface area contributed by atoms with E-state index >= 15 is 0 Å². The fraction of sp³-hybridized carbons (Fsp3) is 0.182. The van der Waals surface area contributed by atoms with Crippen LogP contribution in [0.3, 0.4) is 0 Å². The predicted molar refractivity (Wildman–Crippen MR) is 111 cm³/mol. The monoisotopic (exact) mass is 389 g/mol. The highest BCUT2D eigenvalue weighted by Gasteiger charge is 2.20. The van der Waals surface area contributed by atoms with Gasteiger partial charge in [-0.3, -0.25) is 4.40 Å². The topological polar surface area (TPSA) is 59.6 Å². The first-order valence-corrected chi connectivity index (χ1v) is 9.87. The minimum absolute atomic E-state index is 0.266. The molecule has 0 aliphatic heterocycles. The number of nitrogens with zero attached hydrogens (tertiary/aromatic N) is 3. The summed E-state index contributed by atoms with van der Waals surface area (Å²) in [5, 5.41) is 11.5. The van der Waals surface area contributed by atoms with Crippen LogP contribution in [-0.2, 0) is 6.42 Å². The summed E-state index contributed by atoms with van der Waals surface area (Å²) in [6, 6.07) is 18.0. The summed E-state index contributed by atoms with van der Waals surface area (Å²) in [4.78, 5) is 5.68. The van der Waals surface area contributed by atoms with Crippen molar-refractivity contribution in [3.63, 3.8) is 0 Å². The van der Waals surface area contributed by atoms with Gasteiger partial charge in [0.25, 0.3) is 0 Å². The number of para-hydroxylation sites is 1. The van der Waals surface area contributed by atoms with Gasteiger partial charge in [-0.05, 0) is 43.3 Å². The van der Waals surface area contributed by atoms with E-state index in [2.05, 4.69) is 15.8 Å². The van der Waals surface area contributed by atoms with Crippen LogP contribution in [0.15, 0.2) is 53.9 Å². The fourth-order valence-corrected chi connectivity index (χ4v) is 4.21. The van der Waals surface area contributed by atoms with E-state index in [0.717, 1.165) is 44.7 Å². The minimum atomic E-state index is 0.266. The van der Waals surface area contributed by atoms with Crippen molar-refractivity contribution in [3.8, 4) is 40.1 Å². The van der Waals surface area contributed by atoms with Crippen LogP contribution in [0.4, 0.5) is 0 Å². The highest BCUT2D eigenvalue weighted by Crippen LogP contribution is 2.37. The predicted octanol–water partition coefficient (Wildman–Crippen LogP) is 5.20. The number of hydrogen-bond donors (Lipinski definition) is 0. The third-order valence-corrected chi connectivity index (χ3v) is 5.35. The summed E-state index contributed by atoms with van der Waals surface area (Å²) in [6.45, 7) is 2.59. The zero-order valence-corrected chi connectivity index (χ0v) is 16.5. The third kappa shape index (κ3) is 3.10. The molecule has 0 spiro atoms. The first-order chi connectivity index (χ1) is 13.8. The average Bonchev–Trinajstić information content (AvgIpc) is 3.29. The van der Waals surface area contributed by atoms with E-state index in [9.17, 15) is 5.26 Å². The van der Waals surface area contributed by atoms with Gasteiger partial charge in [-0.2, -0.15) is 5.26 Å². The van der Waals surface area contributed by atoms with Gasteiger partial charge in [-0.25, -0.2) is 4.98 Å². The SMILES string of the molecule is CCOc1ccc(-c2nc3scc(-c4ccccc4OC)n3c2CC#N)cc1. The van der Waals surface area contributed by atoms with E-state index in [1.165, 1.54) is 0 Å². The van der Waals surface area contributed by atoms with Crippen LogP contribution >= 0.6 is 11.3 Å². The van der Waals surface area contributed by atoms with Gasteiger partial charge < -0.3 is 9.47 Å². The molecule has 5 nitrogen and oxygen atoms in total. The lowest BCUT2D eigenvalue weighted by atomic mass is 10.1. The largest absolute Gasteiger partial charge is 0.496 e. The quantitative estimate of drug-likeness (QED) is 0.455. The van der Waals surface area contributed by atoms with Crippen molar-refractivity contribution in [3.05, 3.63) is 59.6 Å². The van der Waals surface area contributed by atoms with Crippen LogP contribution in [0.25, 0.3) is 27.5 Å². The summed E-state index contributed by atoms with van der Waals surface area (Å²) in [7, 11) is 1.66. The first-order valence-electron chi connectivity index (χ1n) is 8.99. The Labute approximate surface area is 167 Å². The van der Waals surface area contributed by atoms with Crippen LogP contribution in [-0.4, -0.2) is 23.1 Å². The lowest BCUT2D eigenvalue weighted by Gasteiger charge is -2.09. The van der Waals surface area contributed by atoms with Gasteiger partial charge in [-0.15, -0.1) is 11.3 Å². The molecule has 6 heteroatoms. The molecule has 0 amide bonds. The van der Waals surface area contributed by atoms with Gasteiger partial charge in [0, 0.05) is 16.5 Å². The van der Waals surface area contributed by atoms with E-state index in [1.807, 2.05) is 55.5 Å². The summed E-state index contributed by atoms with van der Waals surface area (Å²) in [5.41, 5.74) is 4.63. The fourth-order valence-electron chi connectivity index (χ4n) is 3.30. The Morgan fingerprint density at radius 2 is 1.93 bits per heavy atom. The molecular weight excluding hydrogens is 370 g/mol. The zero-order chi connectivity index (χ0) is 19.5. The molecule has 0 fully saturated rings.